The van der Waals surface area contributed by atoms with Crippen LogP contribution in [-0.2, 0) is 4.79 Å². The number of rotatable bonds is 3. The molecule has 0 aromatic carbocycles. The van der Waals surface area contributed by atoms with Crippen molar-refractivity contribution < 1.29 is 9.90 Å². The molecule has 1 unspecified atom stereocenters. The Balaban J connectivity index is 1.54. The average Bonchev–Trinajstić information content (AvgIpc) is 2.89. The predicted molar refractivity (Wildman–Crippen MR) is 96.7 cm³/mol. The lowest BCUT2D eigenvalue weighted by atomic mass is 9.45. The van der Waals surface area contributed by atoms with Gasteiger partial charge in [0.2, 0.25) is 0 Å². The summed E-state index contributed by atoms with van der Waals surface area (Å²) in [5.41, 5.74) is 1.07. The summed E-state index contributed by atoms with van der Waals surface area (Å²) in [5.74, 6) is 3.85. The van der Waals surface area contributed by atoms with Crippen molar-refractivity contribution in [2.75, 3.05) is 0 Å². The van der Waals surface area contributed by atoms with Crippen LogP contribution in [-0.4, -0.2) is 11.1 Å². The zero-order valence-electron chi connectivity index (χ0n) is 15.7. The molecule has 24 heavy (non-hydrogen) atoms. The zero-order chi connectivity index (χ0) is 16.9. The molecular formula is C22H36O2. The fourth-order valence-electron chi connectivity index (χ4n) is 8.18. The third kappa shape index (κ3) is 2.46. The first kappa shape index (κ1) is 16.9. The molecule has 4 saturated carbocycles. The van der Waals surface area contributed by atoms with Crippen LogP contribution in [0.2, 0.25) is 0 Å². The van der Waals surface area contributed by atoms with E-state index < -0.39 is 5.97 Å². The first-order chi connectivity index (χ1) is 11.4. The van der Waals surface area contributed by atoms with Gasteiger partial charge in [0.05, 0.1) is 0 Å². The molecule has 4 rings (SSSR count). The van der Waals surface area contributed by atoms with Crippen LogP contribution in [0.15, 0.2) is 0 Å². The van der Waals surface area contributed by atoms with Gasteiger partial charge < -0.3 is 5.11 Å². The summed E-state index contributed by atoms with van der Waals surface area (Å²) >= 11 is 0. The molecule has 136 valence electrons. The molecule has 0 aliphatic heterocycles. The fraction of sp³-hybridized carbons (Fsp3) is 0.955. The SMILES string of the molecule is C[C@]12CC[C@H]3[C@@H](CCC4CCCC[C@@]43C)[C@@H]1CC[C@@H]2CCC(=O)O. The second-order valence-electron chi connectivity index (χ2n) is 10.2. The minimum absolute atomic E-state index is 0.376. The Morgan fingerprint density at radius 2 is 1.71 bits per heavy atom. The molecule has 1 N–H and O–H groups in total. The quantitative estimate of drug-likeness (QED) is 0.698. The molecule has 0 saturated heterocycles. The molecule has 4 aliphatic rings. The van der Waals surface area contributed by atoms with Gasteiger partial charge in [-0.3, -0.25) is 4.79 Å². The molecule has 4 aliphatic carbocycles. The molecular weight excluding hydrogens is 296 g/mol. The summed E-state index contributed by atoms with van der Waals surface area (Å²) in [5, 5.41) is 9.10. The van der Waals surface area contributed by atoms with Gasteiger partial charge in [0.15, 0.2) is 0 Å². The Morgan fingerprint density at radius 1 is 0.917 bits per heavy atom. The standard InChI is InChI=1S/C22H36O2/c1-21-13-4-3-5-15(21)6-9-17-18-10-7-16(8-11-20(23)24)22(18,2)14-12-19(17)21/h15-19H,3-14H2,1-2H3,(H,23,24)/t15?,16-,17+,18+,19+,21+,22-/m1/s1. The van der Waals surface area contributed by atoms with Gasteiger partial charge in [-0.05, 0) is 98.2 Å². The molecule has 0 heterocycles. The molecule has 7 atom stereocenters. The van der Waals surface area contributed by atoms with E-state index in [1.165, 1.54) is 64.2 Å². The molecule has 2 heteroatoms. The van der Waals surface area contributed by atoms with E-state index in [4.69, 9.17) is 5.11 Å². The van der Waals surface area contributed by atoms with Crippen LogP contribution in [0.3, 0.4) is 0 Å². The maximum atomic E-state index is 11.0. The molecule has 0 bridgehead atoms. The Hall–Kier alpha value is -0.530. The van der Waals surface area contributed by atoms with Crippen molar-refractivity contribution in [3.63, 3.8) is 0 Å². The number of hydrogen-bond acceptors (Lipinski definition) is 1. The number of fused-ring (bicyclic) bond motifs is 5. The van der Waals surface area contributed by atoms with E-state index in [-0.39, 0.29) is 0 Å². The van der Waals surface area contributed by atoms with Crippen LogP contribution in [0, 0.1) is 40.4 Å². The van der Waals surface area contributed by atoms with Crippen molar-refractivity contribution in [2.45, 2.75) is 90.9 Å². The number of carbonyl (C=O) groups is 1. The fourth-order valence-corrected chi connectivity index (χ4v) is 8.18. The highest BCUT2D eigenvalue weighted by Gasteiger charge is 2.59. The molecule has 0 radical (unpaired) electrons. The highest BCUT2D eigenvalue weighted by Crippen LogP contribution is 2.67. The Labute approximate surface area is 147 Å². The zero-order valence-corrected chi connectivity index (χ0v) is 15.7. The van der Waals surface area contributed by atoms with Crippen molar-refractivity contribution in [3.05, 3.63) is 0 Å². The Bertz CT molecular complexity index is 500. The van der Waals surface area contributed by atoms with E-state index in [0.717, 1.165) is 30.1 Å². The van der Waals surface area contributed by atoms with Gasteiger partial charge in [-0.15, -0.1) is 0 Å². The van der Waals surface area contributed by atoms with Gasteiger partial charge in [0, 0.05) is 6.42 Å². The van der Waals surface area contributed by atoms with Gasteiger partial charge in [0.1, 0.15) is 0 Å². The molecule has 0 spiro atoms. The third-order valence-electron chi connectivity index (χ3n) is 9.49. The second kappa shape index (κ2) is 6.02. The van der Waals surface area contributed by atoms with Gasteiger partial charge in [-0.2, -0.15) is 0 Å². The van der Waals surface area contributed by atoms with E-state index in [1.807, 2.05) is 0 Å². The first-order valence-corrected chi connectivity index (χ1v) is 10.7. The topological polar surface area (TPSA) is 37.3 Å². The largest absolute Gasteiger partial charge is 0.481 e. The molecule has 0 aromatic rings. The smallest absolute Gasteiger partial charge is 0.303 e. The summed E-state index contributed by atoms with van der Waals surface area (Å²) in [4.78, 5) is 11.0. The summed E-state index contributed by atoms with van der Waals surface area (Å²) in [6.45, 7) is 5.18. The lowest BCUT2D eigenvalue weighted by Crippen LogP contribution is -2.52. The molecule has 0 amide bonds. The number of carboxylic acid groups (broad SMARTS) is 1. The average molecular weight is 333 g/mol. The maximum Gasteiger partial charge on any atom is 0.303 e. The number of aliphatic carboxylic acids is 1. The van der Waals surface area contributed by atoms with Crippen molar-refractivity contribution >= 4 is 5.97 Å². The minimum atomic E-state index is -0.606. The van der Waals surface area contributed by atoms with Gasteiger partial charge in [-0.1, -0.05) is 26.7 Å². The van der Waals surface area contributed by atoms with Crippen LogP contribution in [0.25, 0.3) is 0 Å². The van der Waals surface area contributed by atoms with E-state index >= 15 is 0 Å². The minimum Gasteiger partial charge on any atom is -0.481 e. The number of hydrogen-bond donors (Lipinski definition) is 1. The highest BCUT2D eigenvalue weighted by atomic mass is 16.4. The van der Waals surface area contributed by atoms with Gasteiger partial charge in [0.25, 0.3) is 0 Å². The van der Waals surface area contributed by atoms with Crippen LogP contribution in [0.5, 0.6) is 0 Å². The van der Waals surface area contributed by atoms with Crippen LogP contribution < -0.4 is 0 Å². The summed E-state index contributed by atoms with van der Waals surface area (Å²) in [6.07, 6.45) is 15.6. The molecule has 4 fully saturated rings. The van der Waals surface area contributed by atoms with Crippen LogP contribution in [0.4, 0.5) is 0 Å². The number of carboxylic acids is 1. The lowest BCUT2D eigenvalue weighted by molar-refractivity contribution is -0.138. The summed E-state index contributed by atoms with van der Waals surface area (Å²) in [6, 6.07) is 0. The molecule has 2 nitrogen and oxygen atoms in total. The van der Waals surface area contributed by atoms with E-state index in [1.54, 1.807) is 0 Å². The monoisotopic (exact) mass is 332 g/mol. The lowest BCUT2D eigenvalue weighted by Gasteiger charge is -2.60. The maximum absolute atomic E-state index is 11.0. The van der Waals surface area contributed by atoms with Crippen molar-refractivity contribution in [2.24, 2.45) is 40.4 Å². The summed E-state index contributed by atoms with van der Waals surface area (Å²) < 4.78 is 0. The Kier molecular flexibility index (Phi) is 4.24. The first-order valence-electron chi connectivity index (χ1n) is 10.7. The molecule has 0 aromatic heterocycles. The van der Waals surface area contributed by atoms with Gasteiger partial charge in [-0.25, -0.2) is 0 Å². The second-order valence-corrected chi connectivity index (χ2v) is 10.2. The van der Waals surface area contributed by atoms with E-state index in [9.17, 15) is 4.79 Å². The van der Waals surface area contributed by atoms with Crippen LogP contribution >= 0.6 is 0 Å². The van der Waals surface area contributed by atoms with Crippen LogP contribution in [0.1, 0.15) is 90.9 Å². The van der Waals surface area contributed by atoms with Gasteiger partial charge >= 0.3 is 5.97 Å². The van der Waals surface area contributed by atoms with E-state index in [0.29, 0.717) is 23.2 Å². The highest BCUT2D eigenvalue weighted by molar-refractivity contribution is 5.66. The van der Waals surface area contributed by atoms with Crippen molar-refractivity contribution in [1.29, 1.82) is 0 Å². The predicted octanol–water partition coefficient (Wildman–Crippen LogP) is 5.90. The normalized spacial score (nSPS) is 50.7. The van der Waals surface area contributed by atoms with Crippen molar-refractivity contribution in [3.8, 4) is 0 Å². The van der Waals surface area contributed by atoms with Crippen molar-refractivity contribution in [1.82, 2.24) is 0 Å². The summed E-state index contributed by atoms with van der Waals surface area (Å²) in [7, 11) is 0. The van der Waals surface area contributed by atoms with E-state index in [2.05, 4.69) is 13.8 Å². The third-order valence-corrected chi connectivity index (χ3v) is 9.49. The Morgan fingerprint density at radius 3 is 2.50 bits per heavy atom.